The van der Waals surface area contributed by atoms with Gasteiger partial charge in [0, 0.05) is 11.4 Å². The summed E-state index contributed by atoms with van der Waals surface area (Å²) in [6.45, 7) is 0.915. The van der Waals surface area contributed by atoms with Crippen LogP contribution in [0.15, 0.2) is 45.3 Å². The summed E-state index contributed by atoms with van der Waals surface area (Å²) in [6, 6.07) is 7.54. The topological polar surface area (TPSA) is 83.8 Å². The van der Waals surface area contributed by atoms with Gasteiger partial charge in [0.2, 0.25) is 0 Å². The average molecular weight is 407 g/mol. The van der Waals surface area contributed by atoms with Crippen molar-refractivity contribution in [3.8, 4) is 0 Å². The lowest BCUT2D eigenvalue weighted by Gasteiger charge is -2.07. The van der Waals surface area contributed by atoms with Crippen molar-refractivity contribution in [2.45, 2.75) is 12.5 Å². The Morgan fingerprint density at radius 1 is 1.45 bits per heavy atom. The molecule has 5 nitrogen and oxygen atoms in total. The highest BCUT2D eigenvalue weighted by Crippen LogP contribution is 2.12. The molecule has 0 saturated heterocycles. The molecule has 0 amide bonds. The zero-order valence-electron chi connectivity index (χ0n) is 10.9. The number of hydrogen-bond donors (Lipinski definition) is 3. The first-order valence-electron chi connectivity index (χ1n) is 6.03. The fourth-order valence-electron chi connectivity index (χ4n) is 1.58. The zero-order valence-corrected chi connectivity index (χ0v) is 14.0. The number of nitrogens with two attached hydrogens (primary N) is 1. The summed E-state index contributed by atoms with van der Waals surface area (Å²) < 4.78 is 5.08. The maximum Gasteiger partial charge on any atom is 0.188 e. The molecule has 0 aliphatic rings. The van der Waals surface area contributed by atoms with Crippen LogP contribution in [0.4, 0.5) is 0 Å². The van der Waals surface area contributed by atoms with Crippen LogP contribution >= 0.6 is 35.3 Å². The summed E-state index contributed by atoms with van der Waals surface area (Å²) in [5, 5.41) is 14.8. The van der Waals surface area contributed by atoms with Gasteiger partial charge in [-0.2, -0.15) is 0 Å². The van der Waals surface area contributed by atoms with E-state index in [2.05, 4.69) is 16.4 Å². The minimum absolute atomic E-state index is 0. The lowest BCUT2D eigenvalue weighted by molar-refractivity contribution is 0.158. The second-order valence-corrected chi connectivity index (χ2v) is 5.05. The number of furan rings is 1. The smallest absolute Gasteiger partial charge is 0.188 e. The van der Waals surface area contributed by atoms with Crippen LogP contribution in [0.3, 0.4) is 0 Å². The lowest BCUT2D eigenvalue weighted by Crippen LogP contribution is -2.33. The Hall–Kier alpha value is -1.06. The van der Waals surface area contributed by atoms with Gasteiger partial charge < -0.3 is 20.6 Å². The molecule has 0 radical (unpaired) electrons. The molecule has 0 fully saturated rings. The second kappa shape index (κ2) is 8.98. The monoisotopic (exact) mass is 407 g/mol. The van der Waals surface area contributed by atoms with Crippen LogP contribution in [0.25, 0.3) is 0 Å². The highest BCUT2D eigenvalue weighted by Gasteiger charge is 2.09. The molecule has 2 aromatic rings. The van der Waals surface area contributed by atoms with Crippen molar-refractivity contribution in [2.24, 2.45) is 10.7 Å². The Morgan fingerprint density at radius 3 is 2.95 bits per heavy atom. The summed E-state index contributed by atoms with van der Waals surface area (Å²) in [6.07, 6.45) is 1.67. The predicted octanol–water partition coefficient (Wildman–Crippen LogP) is 2.14. The molecule has 2 heterocycles. The third-order valence-corrected chi connectivity index (χ3v) is 3.50. The number of guanidine groups is 1. The Kier molecular flexibility index (Phi) is 7.63. The van der Waals surface area contributed by atoms with Gasteiger partial charge in [0.15, 0.2) is 5.96 Å². The van der Waals surface area contributed by atoms with E-state index in [1.807, 2.05) is 11.4 Å². The van der Waals surface area contributed by atoms with Gasteiger partial charge >= 0.3 is 0 Å². The van der Waals surface area contributed by atoms with E-state index >= 15 is 0 Å². The van der Waals surface area contributed by atoms with Crippen molar-refractivity contribution >= 4 is 41.3 Å². The average Bonchev–Trinajstić information content (AvgIpc) is 3.08. The molecule has 20 heavy (non-hydrogen) atoms. The number of aliphatic hydroxyl groups is 1. The Labute approximate surface area is 138 Å². The maximum atomic E-state index is 9.75. The second-order valence-electron chi connectivity index (χ2n) is 4.01. The molecule has 1 unspecified atom stereocenters. The van der Waals surface area contributed by atoms with E-state index in [1.54, 1.807) is 23.5 Å². The van der Waals surface area contributed by atoms with Crippen molar-refractivity contribution in [1.82, 2.24) is 5.32 Å². The molecule has 2 aromatic heterocycles. The van der Waals surface area contributed by atoms with Crippen LogP contribution < -0.4 is 11.1 Å². The molecule has 0 aliphatic heterocycles. The summed E-state index contributed by atoms with van der Waals surface area (Å²) >= 11 is 1.72. The van der Waals surface area contributed by atoms with Gasteiger partial charge in [-0.3, -0.25) is 4.99 Å². The van der Waals surface area contributed by atoms with E-state index in [-0.39, 0.29) is 30.5 Å². The SMILES string of the molecule is I.NC(=NCC(O)c1ccco1)NCCc1cccs1. The highest BCUT2D eigenvalue weighted by atomic mass is 127. The largest absolute Gasteiger partial charge is 0.467 e. The van der Waals surface area contributed by atoms with E-state index in [1.165, 1.54) is 11.1 Å². The quantitative estimate of drug-likeness (QED) is 0.389. The summed E-state index contributed by atoms with van der Waals surface area (Å²) in [5.74, 6) is 0.831. The van der Waals surface area contributed by atoms with Crippen LogP contribution in [-0.2, 0) is 6.42 Å². The normalized spacial score (nSPS) is 12.8. The number of halogens is 1. The maximum absolute atomic E-state index is 9.75. The van der Waals surface area contributed by atoms with Crippen molar-refractivity contribution in [3.05, 3.63) is 46.5 Å². The fraction of sp³-hybridized carbons (Fsp3) is 0.308. The van der Waals surface area contributed by atoms with Gasteiger partial charge in [0.25, 0.3) is 0 Å². The van der Waals surface area contributed by atoms with Crippen molar-refractivity contribution in [1.29, 1.82) is 0 Å². The molecule has 0 bridgehead atoms. The number of aliphatic imine (C=N–C) groups is 1. The number of rotatable bonds is 6. The summed E-state index contributed by atoms with van der Waals surface area (Å²) in [4.78, 5) is 5.38. The van der Waals surface area contributed by atoms with Crippen LogP contribution in [-0.4, -0.2) is 24.2 Å². The van der Waals surface area contributed by atoms with E-state index in [4.69, 9.17) is 10.2 Å². The van der Waals surface area contributed by atoms with E-state index in [0.29, 0.717) is 11.7 Å². The number of nitrogens with zero attached hydrogens (tertiary/aromatic N) is 1. The summed E-state index contributed by atoms with van der Waals surface area (Å²) in [7, 11) is 0. The molecule has 2 rings (SSSR count). The number of aliphatic hydroxyl groups excluding tert-OH is 1. The van der Waals surface area contributed by atoms with Crippen LogP contribution in [0.1, 0.15) is 16.7 Å². The van der Waals surface area contributed by atoms with E-state index in [9.17, 15) is 5.11 Å². The predicted molar refractivity (Wildman–Crippen MR) is 91.6 cm³/mol. The molecule has 4 N–H and O–H groups in total. The molecule has 0 aliphatic carbocycles. The van der Waals surface area contributed by atoms with Crippen molar-refractivity contribution < 1.29 is 9.52 Å². The molecular formula is C13H18IN3O2S. The Balaban J connectivity index is 0.00000200. The van der Waals surface area contributed by atoms with Crippen molar-refractivity contribution in [2.75, 3.05) is 13.1 Å². The first kappa shape index (κ1) is 17.0. The molecular weight excluding hydrogens is 389 g/mol. The van der Waals surface area contributed by atoms with Crippen molar-refractivity contribution in [3.63, 3.8) is 0 Å². The molecule has 0 spiro atoms. The third kappa shape index (κ3) is 5.51. The Morgan fingerprint density at radius 2 is 2.30 bits per heavy atom. The number of nitrogens with one attached hydrogen (secondary N) is 1. The molecule has 110 valence electrons. The number of thiophene rings is 1. The standard InChI is InChI=1S/C13H17N3O2S.HI/c14-13(15-6-5-10-3-2-8-19-10)16-9-11(17)12-4-1-7-18-12;/h1-4,7-8,11,17H,5-6,9H2,(H3,14,15,16);1H. The molecule has 1 atom stereocenters. The van der Waals surface area contributed by atoms with Gasteiger partial charge in [-0.1, -0.05) is 6.07 Å². The molecule has 0 saturated carbocycles. The van der Waals surface area contributed by atoms with Crippen LogP contribution in [0.2, 0.25) is 0 Å². The zero-order chi connectivity index (χ0) is 13.5. The first-order valence-corrected chi connectivity index (χ1v) is 6.91. The van der Waals surface area contributed by atoms with Crippen LogP contribution in [0.5, 0.6) is 0 Å². The Bertz CT molecular complexity index is 500. The van der Waals surface area contributed by atoms with Gasteiger partial charge in [-0.05, 0) is 30.0 Å². The van der Waals surface area contributed by atoms with Gasteiger partial charge in [-0.25, -0.2) is 0 Å². The lowest BCUT2D eigenvalue weighted by atomic mass is 10.3. The molecule has 0 aromatic carbocycles. The highest BCUT2D eigenvalue weighted by molar-refractivity contribution is 14.0. The first-order chi connectivity index (χ1) is 9.25. The van der Waals surface area contributed by atoms with Gasteiger partial charge in [0.1, 0.15) is 11.9 Å². The minimum Gasteiger partial charge on any atom is -0.467 e. The minimum atomic E-state index is -0.757. The van der Waals surface area contributed by atoms with E-state index in [0.717, 1.165) is 13.0 Å². The number of hydrogen-bond acceptors (Lipinski definition) is 4. The van der Waals surface area contributed by atoms with Gasteiger partial charge in [-0.15, -0.1) is 35.3 Å². The van der Waals surface area contributed by atoms with Gasteiger partial charge in [0.05, 0.1) is 12.8 Å². The third-order valence-electron chi connectivity index (χ3n) is 2.56. The summed E-state index contributed by atoms with van der Waals surface area (Å²) in [5.41, 5.74) is 5.72. The molecule has 7 heteroatoms. The van der Waals surface area contributed by atoms with Crippen LogP contribution in [0, 0.1) is 0 Å². The van der Waals surface area contributed by atoms with E-state index < -0.39 is 6.10 Å². The fourth-order valence-corrected chi connectivity index (χ4v) is 2.29.